The van der Waals surface area contributed by atoms with E-state index >= 15 is 0 Å². The van der Waals surface area contributed by atoms with Crippen LogP contribution in [0.1, 0.15) is 28.7 Å². The number of amides is 1. The van der Waals surface area contributed by atoms with Gasteiger partial charge in [0.25, 0.3) is 5.91 Å². The van der Waals surface area contributed by atoms with E-state index in [9.17, 15) is 22.2 Å². The number of pyridine rings is 1. The number of methoxy groups -OCH3 is 1. The maximum Gasteiger partial charge on any atom is 0.491 e. The van der Waals surface area contributed by atoms with Gasteiger partial charge in [0.05, 0.1) is 36.6 Å². The Hall–Kier alpha value is -3.32. The van der Waals surface area contributed by atoms with Crippen molar-refractivity contribution >= 4 is 46.2 Å². The summed E-state index contributed by atoms with van der Waals surface area (Å²) in [5.41, 5.74) is -1.95. The highest BCUT2D eigenvalue weighted by Crippen LogP contribution is 2.28. The number of halogens is 4. The standard InChI is InChI=1S/C22H22ClF3N6O3S/c1-3-17-20(31-12-15(23)5-7-19(31)29-17)21(33)27-11-14-4-6-16(10-18(14)35-2)32-9-8-30(13-28-32)36(34)22(24,25)26/h4-7,10,12-13H,3,8-9,11H2,1-2H3,(H,27,33). The molecule has 1 aliphatic rings. The van der Waals surface area contributed by atoms with Crippen LogP contribution in [-0.2, 0) is 24.0 Å². The Morgan fingerprint density at radius 1 is 1.25 bits per heavy atom. The molecule has 1 amide bonds. The van der Waals surface area contributed by atoms with Gasteiger partial charge in [-0.2, -0.15) is 18.3 Å². The van der Waals surface area contributed by atoms with Crippen LogP contribution in [0.5, 0.6) is 5.75 Å². The maximum absolute atomic E-state index is 13.1. The van der Waals surface area contributed by atoms with Gasteiger partial charge in [-0.25, -0.2) is 9.19 Å². The minimum atomic E-state index is -4.85. The summed E-state index contributed by atoms with van der Waals surface area (Å²) in [5, 5.41) is 8.81. The molecule has 1 N–H and O–H groups in total. The lowest BCUT2D eigenvalue weighted by Gasteiger charge is -2.29. The minimum absolute atomic E-state index is 0.0915. The molecule has 9 nitrogen and oxygen atoms in total. The van der Waals surface area contributed by atoms with Crippen molar-refractivity contribution in [2.24, 2.45) is 5.10 Å². The molecule has 0 saturated carbocycles. The second-order valence-corrected chi connectivity index (χ2v) is 9.57. The van der Waals surface area contributed by atoms with E-state index < -0.39 is 16.5 Å². The third-order valence-corrected chi connectivity index (χ3v) is 6.80. The van der Waals surface area contributed by atoms with Crippen LogP contribution in [0.3, 0.4) is 0 Å². The van der Waals surface area contributed by atoms with E-state index in [1.807, 2.05) is 6.92 Å². The second kappa shape index (κ2) is 10.3. The number of carbonyl (C=O) groups excluding carboxylic acids is 1. The summed E-state index contributed by atoms with van der Waals surface area (Å²) in [5.74, 6) is 0.132. The number of hydrogen-bond donors (Lipinski definition) is 1. The molecule has 4 rings (SSSR count). The number of alkyl halides is 3. The first kappa shape index (κ1) is 25.8. The zero-order valence-corrected chi connectivity index (χ0v) is 20.8. The van der Waals surface area contributed by atoms with Gasteiger partial charge >= 0.3 is 5.51 Å². The number of fused-ring (bicyclic) bond motifs is 1. The quantitative estimate of drug-likeness (QED) is 0.491. The van der Waals surface area contributed by atoms with Crippen molar-refractivity contribution in [1.82, 2.24) is 19.0 Å². The van der Waals surface area contributed by atoms with E-state index in [1.54, 1.807) is 40.9 Å². The molecule has 14 heteroatoms. The van der Waals surface area contributed by atoms with E-state index in [-0.39, 0.29) is 25.5 Å². The molecule has 0 aliphatic carbocycles. The summed E-state index contributed by atoms with van der Waals surface area (Å²) < 4.78 is 57.3. The number of carbonyl (C=O) groups is 1. The molecule has 0 fully saturated rings. The number of aryl methyl sites for hydroxylation is 1. The van der Waals surface area contributed by atoms with E-state index in [1.165, 1.54) is 12.1 Å². The highest BCUT2D eigenvalue weighted by Gasteiger charge is 2.41. The number of aromatic nitrogens is 2. The summed E-state index contributed by atoms with van der Waals surface area (Å²) in [6, 6.07) is 8.56. The lowest BCUT2D eigenvalue weighted by Crippen LogP contribution is -2.42. The Balaban J connectivity index is 1.49. The van der Waals surface area contributed by atoms with E-state index in [0.29, 0.717) is 49.8 Å². The molecule has 0 radical (unpaired) electrons. The smallest absolute Gasteiger partial charge is 0.491 e. The maximum atomic E-state index is 13.1. The fraction of sp³-hybridized carbons (Fsp3) is 0.318. The van der Waals surface area contributed by atoms with Crippen LogP contribution in [-0.4, -0.2) is 55.9 Å². The summed E-state index contributed by atoms with van der Waals surface area (Å²) in [6.45, 7) is 2.03. The third kappa shape index (κ3) is 5.26. The number of nitrogens with zero attached hydrogens (tertiary/aromatic N) is 5. The Bertz CT molecular complexity index is 1350. The van der Waals surface area contributed by atoms with Crippen molar-refractivity contribution in [3.63, 3.8) is 0 Å². The molecule has 3 aromatic rings. The van der Waals surface area contributed by atoms with Crippen molar-refractivity contribution in [1.29, 1.82) is 0 Å². The average Bonchev–Trinajstić information content (AvgIpc) is 3.24. The van der Waals surface area contributed by atoms with Crippen LogP contribution in [0.15, 0.2) is 41.6 Å². The molecule has 2 aromatic heterocycles. The lowest BCUT2D eigenvalue weighted by atomic mass is 10.1. The predicted octanol–water partition coefficient (Wildman–Crippen LogP) is 3.74. The highest BCUT2D eigenvalue weighted by molar-refractivity contribution is 7.84. The minimum Gasteiger partial charge on any atom is -0.496 e. The lowest BCUT2D eigenvalue weighted by molar-refractivity contribution is -0.0414. The fourth-order valence-electron chi connectivity index (χ4n) is 3.74. The Morgan fingerprint density at radius 2 is 2.03 bits per heavy atom. The molecule has 192 valence electrons. The largest absolute Gasteiger partial charge is 0.496 e. The van der Waals surface area contributed by atoms with Crippen LogP contribution in [0.25, 0.3) is 5.65 Å². The average molecular weight is 543 g/mol. The first-order chi connectivity index (χ1) is 17.1. The van der Waals surface area contributed by atoms with Gasteiger partial charge in [-0.1, -0.05) is 24.6 Å². The van der Waals surface area contributed by atoms with Gasteiger partial charge in [-0.3, -0.25) is 18.5 Å². The Labute approximate surface area is 212 Å². The molecular formula is C22H22ClF3N6O3S. The van der Waals surface area contributed by atoms with Crippen LogP contribution < -0.4 is 15.1 Å². The molecule has 1 unspecified atom stereocenters. The Kier molecular flexibility index (Phi) is 7.41. The number of anilines is 1. The predicted molar refractivity (Wildman–Crippen MR) is 130 cm³/mol. The number of hydrazone groups is 1. The molecule has 1 aromatic carbocycles. The topological polar surface area (TPSA) is 91.5 Å². The molecular weight excluding hydrogens is 521 g/mol. The zero-order chi connectivity index (χ0) is 26.0. The summed E-state index contributed by atoms with van der Waals surface area (Å²) in [7, 11) is -1.69. The number of imidazole rings is 1. The molecule has 0 saturated heterocycles. The van der Waals surface area contributed by atoms with Crippen LogP contribution in [0.2, 0.25) is 5.02 Å². The Morgan fingerprint density at radius 3 is 2.67 bits per heavy atom. The molecule has 3 heterocycles. The molecule has 0 bridgehead atoms. The van der Waals surface area contributed by atoms with Crippen LogP contribution >= 0.6 is 11.6 Å². The van der Waals surface area contributed by atoms with Gasteiger partial charge in [0, 0.05) is 24.4 Å². The van der Waals surface area contributed by atoms with E-state index in [0.717, 1.165) is 6.34 Å². The van der Waals surface area contributed by atoms with Crippen molar-refractivity contribution in [3.05, 3.63) is 58.5 Å². The van der Waals surface area contributed by atoms with Crippen molar-refractivity contribution in [2.75, 3.05) is 25.2 Å². The molecule has 36 heavy (non-hydrogen) atoms. The third-order valence-electron chi connectivity index (χ3n) is 5.48. The summed E-state index contributed by atoms with van der Waals surface area (Å²) >= 11 is 6.10. The number of hydrogen-bond acceptors (Lipinski definition) is 6. The fourth-order valence-corrected chi connectivity index (χ4v) is 4.54. The molecule has 1 aliphatic heterocycles. The molecule has 1 atom stereocenters. The normalized spacial score (nSPS) is 14.8. The van der Waals surface area contributed by atoms with Gasteiger partial charge < -0.3 is 10.1 Å². The van der Waals surface area contributed by atoms with Gasteiger partial charge in [0.2, 0.25) is 11.0 Å². The second-order valence-electron chi connectivity index (χ2n) is 7.70. The highest BCUT2D eigenvalue weighted by atomic mass is 35.5. The molecule has 0 spiro atoms. The first-order valence-corrected chi connectivity index (χ1v) is 12.3. The van der Waals surface area contributed by atoms with Crippen LogP contribution in [0.4, 0.5) is 18.9 Å². The first-order valence-electron chi connectivity index (χ1n) is 10.8. The summed E-state index contributed by atoms with van der Waals surface area (Å²) in [6.07, 6.45) is 3.10. The van der Waals surface area contributed by atoms with Crippen molar-refractivity contribution in [2.45, 2.75) is 25.4 Å². The number of nitrogens with one attached hydrogen (secondary N) is 1. The number of ether oxygens (including phenoxy) is 1. The SMILES string of the molecule is CCc1nc2ccc(Cl)cn2c1C(=O)NCc1ccc(N2CCN(S(=O)C(F)(F)F)C=N2)cc1OC. The monoisotopic (exact) mass is 542 g/mol. The number of rotatable bonds is 7. The van der Waals surface area contributed by atoms with E-state index in [4.69, 9.17) is 16.3 Å². The van der Waals surface area contributed by atoms with Crippen molar-refractivity contribution < 1.29 is 26.9 Å². The van der Waals surface area contributed by atoms with E-state index in [2.05, 4.69) is 15.4 Å². The number of benzene rings is 1. The van der Waals surface area contributed by atoms with Gasteiger partial charge in [-0.05, 0) is 24.6 Å². The van der Waals surface area contributed by atoms with Crippen molar-refractivity contribution in [3.8, 4) is 5.75 Å². The van der Waals surface area contributed by atoms with Crippen LogP contribution in [0, 0.1) is 0 Å². The van der Waals surface area contributed by atoms with Gasteiger partial charge in [0.1, 0.15) is 23.4 Å². The van der Waals surface area contributed by atoms with Gasteiger partial charge in [0.15, 0.2) is 0 Å². The zero-order valence-electron chi connectivity index (χ0n) is 19.3. The summed E-state index contributed by atoms with van der Waals surface area (Å²) in [4.78, 5) is 17.6. The van der Waals surface area contributed by atoms with Gasteiger partial charge in [-0.15, -0.1) is 0 Å².